The van der Waals surface area contributed by atoms with Crippen molar-refractivity contribution in [1.29, 1.82) is 0 Å². The monoisotopic (exact) mass is 803 g/mol. The van der Waals surface area contributed by atoms with E-state index in [2.05, 4.69) is 254 Å². The van der Waals surface area contributed by atoms with E-state index >= 15 is 0 Å². The first kappa shape index (κ1) is 36.6. The van der Waals surface area contributed by atoms with Gasteiger partial charge >= 0.3 is 0 Å². The molecule has 0 saturated heterocycles. The summed E-state index contributed by atoms with van der Waals surface area (Å²) in [5.41, 5.74) is 19.2. The van der Waals surface area contributed by atoms with Crippen LogP contribution in [0.5, 0.6) is 0 Å². The molecule has 0 radical (unpaired) electrons. The van der Waals surface area contributed by atoms with Crippen LogP contribution >= 0.6 is 0 Å². The molecule has 12 rings (SSSR count). The molecule has 1 aliphatic rings. The van der Waals surface area contributed by atoms with E-state index < -0.39 is 5.41 Å². The van der Waals surface area contributed by atoms with Crippen LogP contribution in [0.15, 0.2) is 253 Å². The highest BCUT2D eigenvalue weighted by molar-refractivity contribution is 6.07. The fourth-order valence-electron chi connectivity index (χ4n) is 10.1. The summed E-state index contributed by atoms with van der Waals surface area (Å²) in [4.78, 5) is 2.33. The summed E-state index contributed by atoms with van der Waals surface area (Å²) >= 11 is 0. The summed E-state index contributed by atoms with van der Waals surface area (Å²) in [6.07, 6.45) is 0. The first-order valence-electron chi connectivity index (χ1n) is 21.7. The molecule has 1 aromatic heterocycles. The molecule has 11 aromatic rings. The zero-order valence-electron chi connectivity index (χ0n) is 34.5. The molecule has 10 aromatic carbocycles. The molecule has 2 nitrogen and oxygen atoms in total. The molecule has 1 heterocycles. The zero-order chi connectivity index (χ0) is 41.7. The third-order valence-electron chi connectivity index (χ3n) is 12.9. The molecule has 1 aliphatic carbocycles. The van der Waals surface area contributed by atoms with Gasteiger partial charge in [0.1, 0.15) is 11.2 Å². The first-order chi connectivity index (χ1) is 31.2. The highest BCUT2D eigenvalue weighted by atomic mass is 16.3. The molecule has 0 fully saturated rings. The summed E-state index contributed by atoms with van der Waals surface area (Å²) in [6, 6.07) is 89.9. The van der Waals surface area contributed by atoms with E-state index in [1.807, 2.05) is 0 Å². The van der Waals surface area contributed by atoms with E-state index in [0.29, 0.717) is 0 Å². The molecule has 63 heavy (non-hydrogen) atoms. The fraction of sp³-hybridized carbons (Fsp3) is 0.0164. The van der Waals surface area contributed by atoms with Gasteiger partial charge in [0, 0.05) is 27.8 Å². The number of nitrogens with zero attached hydrogens (tertiary/aromatic N) is 1. The Hall–Kier alpha value is -8.20. The van der Waals surface area contributed by atoms with Crippen LogP contribution < -0.4 is 4.90 Å². The van der Waals surface area contributed by atoms with Gasteiger partial charge in [0.2, 0.25) is 0 Å². The highest BCUT2D eigenvalue weighted by Gasteiger charge is 2.46. The summed E-state index contributed by atoms with van der Waals surface area (Å²) < 4.78 is 6.73. The van der Waals surface area contributed by atoms with Crippen LogP contribution in [0.1, 0.15) is 22.3 Å². The average molecular weight is 804 g/mol. The Morgan fingerprint density at radius 3 is 1.49 bits per heavy atom. The minimum Gasteiger partial charge on any atom is -0.456 e. The molecule has 0 saturated carbocycles. The normalized spacial score (nSPS) is 12.6. The van der Waals surface area contributed by atoms with E-state index in [1.165, 1.54) is 44.5 Å². The summed E-state index contributed by atoms with van der Waals surface area (Å²) in [5, 5.41) is 2.22. The maximum atomic E-state index is 6.73. The molecule has 0 atom stereocenters. The summed E-state index contributed by atoms with van der Waals surface area (Å²) in [7, 11) is 0. The van der Waals surface area contributed by atoms with Gasteiger partial charge in [0.25, 0.3) is 0 Å². The molecule has 296 valence electrons. The van der Waals surface area contributed by atoms with Gasteiger partial charge in [-0.2, -0.15) is 0 Å². The van der Waals surface area contributed by atoms with Crippen molar-refractivity contribution in [3.63, 3.8) is 0 Å². The quantitative estimate of drug-likeness (QED) is 0.152. The number of rotatable bonds is 8. The molecule has 0 amide bonds. The van der Waals surface area contributed by atoms with E-state index in [1.54, 1.807) is 0 Å². The van der Waals surface area contributed by atoms with Gasteiger partial charge in [-0.05, 0) is 127 Å². The number of hydrogen-bond donors (Lipinski definition) is 0. The van der Waals surface area contributed by atoms with Crippen molar-refractivity contribution in [3.05, 3.63) is 271 Å². The number of fused-ring (bicyclic) bond motifs is 6. The second-order valence-corrected chi connectivity index (χ2v) is 16.4. The SMILES string of the molecule is c1ccc(-c2ccc(N(c3ccccc3)c3cccc(-c4cccc(-c5ccc6oc7cc(C8(c9ccccc9)c9ccccc9-c9ccccc98)ccc7c6c5)c4)c3)cc2)cc1. The third kappa shape index (κ3) is 6.10. The number of anilines is 3. The molecule has 0 spiro atoms. The lowest BCUT2D eigenvalue weighted by Crippen LogP contribution is -2.28. The molecule has 2 heteroatoms. The van der Waals surface area contributed by atoms with E-state index in [4.69, 9.17) is 4.42 Å². The Morgan fingerprint density at radius 1 is 0.286 bits per heavy atom. The zero-order valence-corrected chi connectivity index (χ0v) is 34.5. The third-order valence-corrected chi connectivity index (χ3v) is 12.9. The minimum absolute atomic E-state index is 0.477. The van der Waals surface area contributed by atoms with Gasteiger partial charge in [-0.25, -0.2) is 0 Å². The van der Waals surface area contributed by atoms with Crippen LogP contribution in [0.2, 0.25) is 0 Å². The Bertz CT molecular complexity index is 3400. The van der Waals surface area contributed by atoms with Gasteiger partial charge in [0.05, 0.1) is 5.41 Å². The van der Waals surface area contributed by atoms with Gasteiger partial charge in [-0.1, -0.05) is 188 Å². The van der Waals surface area contributed by atoms with Crippen molar-refractivity contribution < 1.29 is 4.42 Å². The fourth-order valence-corrected chi connectivity index (χ4v) is 10.1. The lowest BCUT2D eigenvalue weighted by molar-refractivity contribution is 0.665. The van der Waals surface area contributed by atoms with Crippen molar-refractivity contribution in [3.8, 4) is 44.5 Å². The summed E-state index contributed by atoms with van der Waals surface area (Å²) in [5.74, 6) is 0. The molecular formula is C61H41NO. The Kier molecular flexibility index (Phi) is 8.76. The highest BCUT2D eigenvalue weighted by Crippen LogP contribution is 2.56. The molecule has 0 N–H and O–H groups in total. The van der Waals surface area contributed by atoms with Gasteiger partial charge in [-0.15, -0.1) is 0 Å². The Morgan fingerprint density at radius 2 is 0.794 bits per heavy atom. The van der Waals surface area contributed by atoms with Crippen molar-refractivity contribution in [2.75, 3.05) is 4.90 Å². The van der Waals surface area contributed by atoms with Crippen molar-refractivity contribution in [1.82, 2.24) is 0 Å². The molecule has 0 bridgehead atoms. The maximum absolute atomic E-state index is 6.73. The molecule has 0 unspecified atom stereocenters. The standard InChI is InChI=1S/C61H41NO/c1-4-16-42(17-5-1)43-30-34-51(35-31-43)62(50-23-8-3-9-24-50)52-25-15-20-46(39-52)44-18-14-19-45(38-44)47-32-37-59-56(40-47)55-36-33-49(41-60(55)63-59)61(48-21-6-2-7-22-48)57-28-12-10-26-53(57)54-27-11-13-29-58(54)61/h1-41H. The van der Waals surface area contributed by atoms with Crippen LogP contribution in [0.3, 0.4) is 0 Å². The number of furan rings is 1. The lowest BCUT2D eigenvalue weighted by atomic mass is 9.67. The van der Waals surface area contributed by atoms with E-state index in [0.717, 1.165) is 61.3 Å². The van der Waals surface area contributed by atoms with Crippen LogP contribution in [0.25, 0.3) is 66.4 Å². The lowest BCUT2D eigenvalue weighted by Gasteiger charge is -2.33. The Labute approximate surface area is 367 Å². The van der Waals surface area contributed by atoms with Crippen molar-refractivity contribution in [2.24, 2.45) is 0 Å². The van der Waals surface area contributed by atoms with Crippen molar-refractivity contribution in [2.45, 2.75) is 5.41 Å². The van der Waals surface area contributed by atoms with E-state index in [9.17, 15) is 0 Å². The minimum atomic E-state index is -0.477. The van der Waals surface area contributed by atoms with Crippen LogP contribution in [-0.2, 0) is 5.41 Å². The number of benzene rings is 10. The predicted octanol–water partition coefficient (Wildman–Crippen LogP) is 16.4. The topological polar surface area (TPSA) is 16.4 Å². The molecule has 0 aliphatic heterocycles. The predicted molar refractivity (Wildman–Crippen MR) is 262 cm³/mol. The largest absolute Gasteiger partial charge is 0.456 e. The maximum Gasteiger partial charge on any atom is 0.135 e. The molecular weight excluding hydrogens is 763 g/mol. The van der Waals surface area contributed by atoms with Crippen molar-refractivity contribution >= 4 is 39.0 Å². The second-order valence-electron chi connectivity index (χ2n) is 16.4. The van der Waals surface area contributed by atoms with Gasteiger partial charge < -0.3 is 9.32 Å². The van der Waals surface area contributed by atoms with Gasteiger partial charge in [-0.3, -0.25) is 0 Å². The number of para-hydroxylation sites is 1. The average Bonchev–Trinajstić information content (AvgIpc) is 3.88. The van der Waals surface area contributed by atoms with Crippen LogP contribution in [0.4, 0.5) is 17.1 Å². The van der Waals surface area contributed by atoms with E-state index in [-0.39, 0.29) is 0 Å². The second kappa shape index (κ2) is 15.1. The van der Waals surface area contributed by atoms with Crippen LogP contribution in [0, 0.1) is 0 Å². The Balaban J connectivity index is 0.912. The number of hydrogen-bond acceptors (Lipinski definition) is 2. The smallest absolute Gasteiger partial charge is 0.135 e. The van der Waals surface area contributed by atoms with Crippen LogP contribution in [-0.4, -0.2) is 0 Å². The van der Waals surface area contributed by atoms with Gasteiger partial charge in [0.15, 0.2) is 0 Å². The first-order valence-corrected chi connectivity index (χ1v) is 21.7. The summed E-state index contributed by atoms with van der Waals surface area (Å²) in [6.45, 7) is 0.